The highest BCUT2D eigenvalue weighted by Gasteiger charge is 2.24. The average molecular weight is 270 g/mol. The lowest BCUT2D eigenvalue weighted by molar-refractivity contribution is 0.587. The molecule has 1 aromatic carbocycles. The van der Waals surface area contributed by atoms with E-state index in [4.69, 9.17) is 0 Å². The summed E-state index contributed by atoms with van der Waals surface area (Å²) in [6.45, 7) is 15.7. The molecule has 0 aliphatic carbocycles. The van der Waals surface area contributed by atoms with Crippen LogP contribution in [0.15, 0.2) is 48.1 Å². The number of hydrogen-bond donors (Lipinski definition) is 0. The first-order chi connectivity index (χ1) is 9.23. The lowest BCUT2D eigenvalue weighted by Crippen LogP contribution is -2.20. The van der Waals surface area contributed by atoms with Gasteiger partial charge in [-0.05, 0) is 35.5 Å². The highest BCUT2D eigenvalue weighted by molar-refractivity contribution is 5.41. The minimum Gasteiger partial charge on any atom is -0.0845 e. The Balaban J connectivity index is 3.12. The van der Waals surface area contributed by atoms with E-state index in [0.29, 0.717) is 0 Å². The summed E-state index contributed by atoms with van der Waals surface area (Å²) < 4.78 is 0. The number of rotatable bonds is 4. The minimum atomic E-state index is 0.0524. The molecule has 0 radical (unpaired) electrons. The van der Waals surface area contributed by atoms with E-state index in [9.17, 15) is 0 Å². The van der Waals surface area contributed by atoms with E-state index >= 15 is 0 Å². The first-order valence-corrected chi connectivity index (χ1v) is 7.67. The molecule has 110 valence electrons. The van der Waals surface area contributed by atoms with Gasteiger partial charge >= 0.3 is 0 Å². The Hall–Kier alpha value is -1.30. The highest BCUT2D eigenvalue weighted by Crippen LogP contribution is 2.33. The van der Waals surface area contributed by atoms with Crippen molar-refractivity contribution in [3.05, 3.63) is 59.2 Å². The van der Waals surface area contributed by atoms with Gasteiger partial charge in [-0.15, -0.1) is 0 Å². The summed E-state index contributed by atoms with van der Waals surface area (Å²) in [7, 11) is 0. The lowest BCUT2D eigenvalue weighted by Gasteiger charge is -2.28. The van der Waals surface area contributed by atoms with Crippen molar-refractivity contribution in [2.75, 3.05) is 0 Å². The number of allylic oxidation sites excluding steroid dienone is 4. The van der Waals surface area contributed by atoms with Crippen molar-refractivity contribution >= 4 is 0 Å². The van der Waals surface area contributed by atoms with Crippen LogP contribution in [0.1, 0.15) is 66.0 Å². The number of hydrogen-bond acceptors (Lipinski definition) is 0. The van der Waals surface area contributed by atoms with E-state index < -0.39 is 0 Å². The maximum Gasteiger partial charge on any atom is 0.0143 e. The van der Waals surface area contributed by atoms with Crippen molar-refractivity contribution in [1.29, 1.82) is 0 Å². The summed E-state index contributed by atoms with van der Waals surface area (Å²) >= 11 is 0. The Kier molecular flexibility index (Phi) is 5.39. The fourth-order valence-corrected chi connectivity index (χ4v) is 2.46. The predicted octanol–water partition coefficient (Wildman–Crippen LogP) is 6.17. The largest absolute Gasteiger partial charge is 0.0845 e. The van der Waals surface area contributed by atoms with E-state index in [1.54, 1.807) is 0 Å². The summed E-state index contributed by atoms with van der Waals surface area (Å²) in [6.07, 6.45) is 7.80. The Morgan fingerprint density at radius 1 is 0.950 bits per heavy atom. The topological polar surface area (TPSA) is 0 Å². The van der Waals surface area contributed by atoms with Crippen LogP contribution in [-0.2, 0) is 10.8 Å². The van der Waals surface area contributed by atoms with Crippen LogP contribution in [0.25, 0.3) is 0 Å². The monoisotopic (exact) mass is 270 g/mol. The Morgan fingerprint density at radius 3 is 1.85 bits per heavy atom. The summed E-state index contributed by atoms with van der Waals surface area (Å²) in [6, 6.07) is 9.11. The van der Waals surface area contributed by atoms with Crippen LogP contribution in [0.4, 0.5) is 0 Å². The average Bonchev–Trinajstić information content (AvgIpc) is 2.38. The molecule has 0 spiro atoms. The smallest absolute Gasteiger partial charge is 0.0143 e. The fourth-order valence-electron chi connectivity index (χ4n) is 2.46. The molecule has 0 N–H and O–H groups in total. The molecule has 0 saturated carbocycles. The van der Waals surface area contributed by atoms with Crippen molar-refractivity contribution in [1.82, 2.24) is 0 Å². The third kappa shape index (κ3) is 3.85. The predicted molar refractivity (Wildman–Crippen MR) is 91.4 cm³/mol. The molecule has 0 fully saturated rings. The molecule has 0 bridgehead atoms. The van der Waals surface area contributed by atoms with Crippen LogP contribution in [0.5, 0.6) is 0 Å². The maximum absolute atomic E-state index is 2.30. The molecule has 0 aliphatic heterocycles. The van der Waals surface area contributed by atoms with Crippen molar-refractivity contribution < 1.29 is 0 Å². The molecule has 0 unspecified atom stereocenters. The van der Waals surface area contributed by atoms with Crippen LogP contribution >= 0.6 is 0 Å². The number of benzene rings is 1. The van der Waals surface area contributed by atoms with Gasteiger partial charge in [-0.3, -0.25) is 0 Å². The molecule has 20 heavy (non-hydrogen) atoms. The SMILES string of the molecule is C/C=C(\C=C/CC)C(C)(C)c1ccc(C(C)(C)C)cc1. The zero-order valence-electron chi connectivity index (χ0n) is 14.2. The van der Waals surface area contributed by atoms with Crippen molar-refractivity contribution in [2.24, 2.45) is 0 Å². The molecule has 0 aromatic heterocycles. The maximum atomic E-state index is 2.30. The molecule has 1 aromatic rings. The Bertz CT molecular complexity index is 476. The van der Waals surface area contributed by atoms with Gasteiger partial charge in [-0.1, -0.05) is 84.0 Å². The molecular formula is C20H30. The van der Waals surface area contributed by atoms with E-state index in [-0.39, 0.29) is 10.8 Å². The molecule has 0 heteroatoms. The molecular weight excluding hydrogens is 240 g/mol. The zero-order valence-corrected chi connectivity index (χ0v) is 14.2. The first kappa shape index (κ1) is 16.8. The van der Waals surface area contributed by atoms with Gasteiger partial charge in [0, 0.05) is 5.41 Å². The fraction of sp³-hybridized carbons (Fsp3) is 0.500. The van der Waals surface area contributed by atoms with Crippen molar-refractivity contribution in [3.8, 4) is 0 Å². The summed E-state index contributed by atoms with van der Waals surface area (Å²) in [5.74, 6) is 0. The summed E-state index contributed by atoms with van der Waals surface area (Å²) in [4.78, 5) is 0. The van der Waals surface area contributed by atoms with Gasteiger partial charge in [-0.25, -0.2) is 0 Å². The van der Waals surface area contributed by atoms with Gasteiger partial charge in [-0.2, -0.15) is 0 Å². The second-order valence-electron chi connectivity index (χ2n) is 7.01. The molecule has 0 saturated heterocycles. The molecule has 0 aliphatic rings. The second-order valence-corrected chi connectivity index (χ2v) is 7.01. The molecule has 0 amide bonds. The van der Waals surface area contributed by atoms with Crippen LogP contribution in [0.3, 0.4) is 0 Å². The normalized spacial score (nSPS) is 14.1. The standard InChI is InChI=1S/C20H30/c1-8-10-11-16(9-2)20(6,7)18-14-12-17(13-15-18)19(3,4)5/h9-15H,8H2,1-7H3/b11-10-,16-9+. The Labute approximate surface area is 125 Å². The quantitative estimate of drug-likeness (QED) is 0.573. The second kappa shape index (κ2) is 6.43. The van der Waals surface area contributed by atoms with Gasteiger partial charge in [0.1, 0.15) is 0 Å². The van der Waals surface area contributed by atoms with E-state index in [1.165, 1.54) is 16.7 Å². The van der Waals surface area contributed by atoms with Gasteiger partial charge in [0.05, 0.1) is 0 Å². The van der Waals surface area contributed by atoms with Crippen LogP contribution in [0.2, 0.25) is 0 Å². The van der Waals surface area contributed by atoms with E-state index in [1.807, 2.05) is 0 Å². The van der Waals surface area contributed by atoms with Crippen LogP contribution in [-0.4, -0.2) is 0 Å². The van der Waals surface area contributed by atoms with E-state index in [0.717, 1.165) is 6.42 Å². The Morgan fingerprint density at radius 2 is 1.45 bits per heavy atom. The zero-order chi connectivity index (χ0) is 15.4. The van der Waals surface area contributed by atoms with Crippen LogP contribution < -0.4 is 0 Å². The van der Waals surface area contributed by atoms with Crippen molar-refractivity contribution in [2.45, 2.75) is 65.7 Å². The first-order valence-electron chi connectivity index (χ1n) is 7.67. The van der Waals surface area contributed by atoms with Gasteiger partial charge in [0.25, 0.3) is 0 Å². The molecule has 0 nitrogen and oxygen atoms in total. The van der Waals surface area contributed by atoms with Gasteiger partial charge < -0.3 is 0 Å². The molecule has 0 heterocycles. The van der Waals surface area contributed by atoms with E-state index in [2.05, 4.69) is 91.0 Å². The van der Waals surface area contributed by atoms with Crippen LogP contribution in [0, 0.1) is 0 Å². The summed E-state index contributed by atoms with van der Waals surface area (Å²) in [5.41, 5.74) is 4.41. The third-order valence-corrected chi connectivity index (χ3v) is 4.04. The lowest BCUT2D eigenvalue weighted by atomic mass is 9.76. The molecule has 0 atom stereocenters. The third-order valence-electron chi connectivity index (χ3n) is 4.04. The van der Waals surface area contributed by atoms with Crippen molar-refractivity contribution in [3.63, 3.8) is 0 Å². The van der Waals surface area contributed by atoms with Gasteiger partial charge in [0.15, 0.2) is 0 Å². The highest BCUT2D eigenvalue weighted by atomic mass is 14.3. The minimum absolute atomic E-state index is 0.0524. The summed E-state index contributed by atoms with van der Waals surface area (Å²) in [5, 5.41) is 0. The van der Waals surface area contributed by atoms with Gasteiger partial charge in [0.2, 0.25) is 0 Å². The molecule has 1 rings (SSSR count).